The van der Waals surface area contributed by atoms with Gasteiger partial charge in [0.25, 0.3) is 5.91 Å². The molecule has 0 aromatic heterocycles. The van der Waals surface area contributed by atoms with Gasteiger partial charge in [-0.3, -0.25) is 19.4 Å². The molecule has 1 unspecified atom stereocenters. The van der Waals surface area contributed by atoms with Crippen molar-refractivity contribution in [2.45, 2.75) is 25.8 Å². The fraction of sp³-hybridized carbons (Fsp3) is 0.333. The van der Waals surface area contributed by atoms with Crippen LogP contribution < -0.4 is 21.3 Å². The van der Waals surface area contributed by atoms with Gasteiger partial charge in [0.2, 0.25) is 5.91 Å². The Hall–Kier alpha value is -3.31. The zero-order chi connectivity index (χ0) is 26.1. The van der Waals surface area contributed by atoms with Gasteiger partial charge in [-0.25, -0.2) is 0 Å². The number of hydrogen-bond acceptors (Lipinski definition) is 8. The number of phenolic OH excluding ortho intramolecular Hbond substituents is 1. The number of aliphatic imine (C=N–C) groups is 1. The zero-order valence-electron chi connectivity index (χ0n) is 19.6. The Kier molecular flexibility index (Phi) is 9.95. The number of hydrogen-bond donors (Lipinski definition) is 5. The quantitative estimate of drug-likeness (QED) is 0.287. The number of esters is 1. The summed E-state index contributed by atoms with van der Waals surface area (Å²) >= 11 is 9.31. The lowest BCUT2D eigenvalue weighted by molar-refractivity contribution is -0.143. The van der Waals surface area contributed by atoms with Gasteiger partial charge in [0.15, 0.2) is 5.96 Å². The summed E-state index contributed by atoms with van der Waals surface area (Å²) in [7, 11) is 0. The molecule has 2 aromatic rings. The first-order valence-electron chi connectivity index (χ1n) is 11.3. The van der Waals surface area contributed by atoms with Gasteiger partial charge in [-0.15, -0.1) is 0 Å². The largest absolute Gasteiger partial charge is 0.506 e. The molecule has 192 valence electrons. The number of guanidine groups is 1. The third kappa shape index (κ3) is 7.85. The van der Waals surface area contributed by atoms with Crippen LogP contribution in [0.2, 0.25) is 5.02 Å². The van der Waals surface area contributed by atoms with Crippen LogP contribution in [-0.2, 0) is 14.3 Å². The van der Waals surface area contributed by atoms with Crippen LogP contribution in [0.25, 0.3) is 0 Å². The second kappa shape index (κ2) is 13.1. The van der Waals surface area contributed by atoms with Crippen molar-refractivity contribution < 1.29 is 24.2 Å². The lowest BCUT2D eigenvalue weighted by Gasteiger charge is -2.20. The van der Waals surface area contributed by atoms with Crippen LogP contribution in [0.4, 0.5) is 5.69 Å². The molecule has 0 bridgehead atoms. The van der Waals surface area contributed by atoms with Gasteiger partial charge in [-0.05, 0) is 59.6 Å². The molecule has 3 rings (SSSR count). The lowest BCUT2D eigenvalue weighted by atomic mass is 10.0. The van der Waals surface area contributed by atoms with E-state index < -0.39 is 23.8 Å². The van der Waals surface area contributed by atoms with E-state index in [0.29, 0.717) is 26.7 Å². The van der Waals surface area contributed by atoms with Crippen molar-refractivity contribution in [2.24, 2.45) is 4.99 Å². The molecule has 0 radical (unpaired) electrons. The van der Waals surface area contributed by atoms with E-state index in [1.165, 1.54) is 12.1 Å². The molecule has 0 spiro atoms. The lowest BCUT2D eigenvalue weighted by Crippen LogP contribution is -2.39. The number of benzene rings is 2. The number of rotatable bonds is 9. The molecule has 0 saturated carbocycles. The number of amides is 2. The summed E-state index contributed by atoms with van der Waals surface area (Å²) in [5.74, 6) is -1.12. The van der Waals surface area contributed by atoms with Crippen molar-refractivity contribution in [1.29, 1.82) is 0 Å². The molecule has 0 aliphatic carbocycles. The number of halogens is 2. The maximum atomic E-state index is 12.7. The highest BCUT2D eigenvalue weighted by atomic mass is 79.9. The average Bonchev–Trinajstić information content (AvgIpc) is 2.85. The summed E-state index contributed by atoms with van der Waals surface area (Å²) < 4.78 is 5.30. The Morgan fingerprint density at radius 2 is 2.08 bits per heavy atom. The van der Waals surface area contributed by atoms with Crippen molar-refractivity contribution in [3.05, 3.63) is 57.0 Å². The van der Waals surface area contributed by atoms with Crippen molar-refractivity contribution in [3.8, 4) is 5.75 Å². The molecule has 2 aromatic carbocycles. The normalized spacial score (nSPS) is 13.6. The smallest absolute Gasteiger partial charge is 0.308 e. The number of carbonyl (C=O) groups is 3. The maximum absolute atomic E-state index is 12.7. The molecule has 10 nitrogen and oxygen atoms in total. The predicted molar refractivity (Wildman–Crippen MR) is 140 cm³/mol. The number of aromatic hydroxyl groups is 1. The molecule has 1 aliphatic rings. The van der Waals surface area contributed by atoms with Gasteiger partial charge in [-0.2, -0.15) is 0 Å². The first-order chi connectivity index (χ1) is 17.3. The Balaban J connectivity index is 1.64. The Morgan fingerprint density at radius 1 is 1.28 bits per heavy atom. The van der Waals surface area contributed by atoms with E-state index in [9.17, 15) is 19.5 Å². The van der Waals surface area contributed by atoms with Crippen LogP contribution in [0, 0.1) is 0 Å². The highest BCUT2D eigenvalue weighted by molar-refractivity contribution is 9.10. The molecule has 12 heteroatoms. The average molecular weight is 581 g/mol. The number of ether oxygens (including phenoxy) is 1. The Morgan fingerprint density at radius 3 is 2.81 bits per heavy atom. The summed E-state index contributed by atoms with van der Waals surface area (Å²) in [6.07, 6.45) is 0.726. The number of anilines is 1. The van der Waals surface area contributed by atoms with Crippen LogP contribution in [0.5, 0.6) is 5.75 Å². The van der Waals surface area contributed by atoms with E-state index in [1.807, 2.05) is 0 Å². The molecular formula is C24H27BrClN5O5. The highest BCUT2D eigenvalue weighted by Gasteiger charge is 2.24. The van der Waals surface area contributed by atoms with Gasteiger partial charge in [0.1, 0.15) is 5.75 Å². The van der Waals surface area contributed by atoms with Crippen molar-refractivity contribution >= 4 is 57.0 Å². The SMILES string of the molecule is CCOC(=O)CC(NC(=O)CNC(=O)c1cccc(NC2=NCCCN2)c1)c1cc(Cl)cc(Br)c1O. The standard InChI is InChI=1S/C24H27BrClN5O5/c1-2-36-21(33)12-19(17-10-15(26)11-18(25)22(17)34)31-20(32)13-29-23(35)14-5-3-6-16(9-14)30-24-27-7-4-8-28-24/h3,5-6,9-11,19,34H,2,4,7-8,12-13H2,1H3,(H,29,35)(H,31,32)(H2,27,28,30). The Bertz CT molecular complexity index is 1160. The molecule has 1 atom stereocenters. The minimum Gasteiger partial charge on any atom is -0.506 e. The number of carbonyl (C=O) groups excluding carboxylic acids is 3. The molecular weight excluding hydrogens is 554 g/mol. The van der Waals surface area contributed by atoms with E-state index in [2.05, 4.69) is 42.2 Å². The highest BCUT2D eigenvalue weighted by Crippen LogP contribution is 2.36. The summed E-state index contributed by atoms with van der Waals surface area (Å²) in [4.78, 5) is 41.8. The van der Waals surface area contributed by atoms with Crippen LogP contribution in [0.1, 0.15) is 41.7 Å². The van der Waals surface area contributed by atoms with E-state index in [1.54, 1.807) is 31.2 Å². The number of phenols is 1. The van der Waals surface area contributed by atoms with Crippen molar-refractivity contribution in [2.75, 3.05) is 31.6 Å². The first kappa shape index (κ1) is 27.3. The monoisotopic (exact) mass is 579 g/mol. The third-order valence-corrected chi connectivity index (χ3v) is 5.96. The van der Waals surface area contributed by atoms with Crippen molar-refractivity contribution in [3.63, 3.8) is 0 Å². The minimum absolute atomic E-state index is 0.165. The van der Waals surface area contributed by atoms with Crippen LogP contribution in [0.3, 0.4) is 0 Å². The molecule has 2 amide bonds. The van der Waals surface area contributed by atoms with Crippen LogP contribution >= 0.6 is 27.5 Å². The fourth-order valence-corrected chi connectivity index (χ4v) is 4.31. The van der Waals surface area contributed by atoms with E-state index >= 15 is 0 Å². The van der Waals surface area contributed by atoms with Gasteiger partial charge < -0.3 is 31.1 Å². The first-order valence-corrected chi connectivity index (χ1v) is 12.5. The maximum Gasteiger partial charge on any atom is 0.308 e. The topological polar surface area (TPSA) is 141 Å². The molecule has 36 heavy (non-hydrogen) atoms. The minimum atomic E-state index is -0.931. The molecule has 1 aliphatic heterocycles. The summed E-state index contributed by atoms with van der Waals surface area (Å²) in [5, 5.41) is 22.3. The van der Waals surface area contributed by atoms with Gasteiger partial charge in [-0.1, -0.05) is 17.7 Å². The molecule has 0 fully saturated rings. The summed E-state index contributed by atoms with van der Waals surface area (Å²) in [5.41, 5.74) is 1.26. The van der Waals surface area contributed by atoms with Crippen molar-refractivity contribution in [1.82, 2.24) is 16.0 Å². The summed E-state index contributed by atoms with van der Waals surface area (Å²) in [6, 6.07) is 8.81. The molecule has 0 saturated heterocycles. The third-order valence-electron chi connectivity index (χ3n) is 5.14. The van der Waals surface area contributed by atoms with Crippen LogP contribution in [0.15, 0.2) is 45.9 Å². The molecule has 1 heterocycles. The molecule has 5 N–H and O–H groups in total. The van der Waals surface area contributed by atoms with Gasteiger partial charge in [0, 0.05) is 34.9 Å². The van der Waals surface area contributed by atoms with Gasteiger partial charge >= 0.3 is 5.97 Å². The Labute approximate surface area is 222 Å². The van der Waals surface area contributed by atoms with Gasteiger partial charge in [0.05, 0.1) is 30.1 Å². The second-order valence-electron chi connectivity index (χ2n) is 7.85. The fourth-order valence-electron chi connectivity index (χ4n) is 3.48. The van der Waals surface area contributed by atoms with E-state index in [0.717, 1.165) is 19.5 Å². The number of nitrogens with zero attached hydrogens (tertiary/aromatic N) is 1. The van der Waals surface area contributed by atoms with E-state index in [-0.39, 0.29) is 30.9 Å². The summed E-state index contributed by atoms with van der Waals surface area (Å²) in [6.45, 7) is 3.02. The zero-order valence-corrected chi connectivity index (χ0v) is 21.9. The number of nitrogens with one attached hydrogen (secondary N) is 4. The van der Waals surface area contributed by atoms with Crippen LogP contribution in [-0.4, -0.2) is 55.1 Å². The second-order valence-corrected chi connectivity index (χ2v) is 9.14. The van der Waals surface area contributed by atoms with E-state index in [4.69, 9.17) is 16.3 Å². The predicted octanol–water partition coefficient (Wildman–Crippen LogP) is 3.11.